The molecule has 0 unspecified atom stereocenters. The maximum absolute atomic E-state index is 11.7. The highest BCUT2D eigenvalue weighted by molar-refractivity contribution is 7.90. The van der Waals surface area contributed by atoms with Crippen LogP contribution in [0.3, 0.4) is 0 Å². The van der Waals surface area contributed by atoms with E-state index in [1.807, 2.05) is 0 Å². The van der Waals surface area contributed by atoms with E-state index in [0.717, 1.165) is 6.26 Å². The molecular weight excluding hydrogens is 256 g/mol. The van der Waals surface area contributed by atoms with E-state index < -0.39 is 15.4 Å². The Hall–Kier alpha value is -1.27. The van der Waals surface area contributed by atoms with Gasteiger partial charge in [-0.25, -0.2) is 8.42 Å². The Morgan fingerprint density at radius 1 is 1.17 bits per heavy atom. The van der Waals surface area contributed by atoms with Gasteiger partial charge in [-0.2, -0.15) is 0 Å². The monoisotopic (exact) mass is 274 g/mol. The molecule has 0 saturated carbocycles. The highest BCUT2D eigenvalue weighted by Crippen LogP contribution is 2.38. The fraction of sp³-hybridized carbons (Fsp3) is 0.500. The van der Waals surface area contributed by atoms with Gasteiger partial charge in [-0.15, -0.1) is 0 Å². The molecule has 0 amide bonds. The molecule has 5 nitrogen and oxygen atoms in total. The standard InChI is InChI=1S/C12H18O5S/c1-12(2,13)9-6-8(16-3)7-10(11(9)17-4)18(5,14)15/h6-7,13H,1-5H3. The van der Waals surface area contributed by atoms with Crippen LogP contribution in [0.2, 0.25) is 0 Å². The van der Waals surface area contributed by atoms with Crippen molar-refractivity contribution in [2.75, 3.05) is 20.5 Å². The van der Waals surface area contributed by atoms with Crippen LogP contribution in [0.5, 0.6) is 11.5 Å². The number of sulfone groups is 1. The molecule has 0 radical (unpaired) electrons. The van der Waals surface area contributed by atoms with Crippen molar-refractivity contribution in [1.29, 1.82) is 0 Å². The molecule has 0 saturated heterocycles. The van der Waals surface area contributed by atoms with Crippen LogP contribution >= 0.6 is 0 Å². The summed E-state index contributed by atoms with van der Waals surface area (Å²) < 4.78 is 33.7. The van der Waals surface area contributed by atoms with Crippen LogP contribution in [0.4, 0.5) is 0 Å². The quantitative estimate of drug-likeness (QED) is 0.897. The fourth-order valence-corrected chi connectivity index (χ4v) is 2.50. The Morgan fingerprint density at radius 2 is 1.72 bits per heavy atom. The van der Waals surface area contributed by atoms with Gasteiger partial charge in [0.2, 0.25) is 0 Å². The zero-order valence-corrected chi connectivity index (χ0v) is 12.0. The van der Waals surface area contributed by atoms with E-state index in [0.29, 0.717) is 11.3 Å². The molecule has 6 heteroatoms. The van der Waals surface area contributed by atoms with Gasteiger partial charge in [-0.05, 0) is 19.9 Å². The lowest BCUT2D eigenvalue weighted by molar-refractivity contribution is 0.0749. The second-order valence-corrected chi connectivity index (χ2v) is 6.52. The minimum Gasteiger partial charge on any atom is -0.497 e. The SMILES string of the molecule is COc1cc(C(C)(C)O)c(OC)c(S(C)(=O)=O)c1. The molecule has 1 aromatic rings. The number of aliphatic hydroxyl groups is 1. The van der Waals surface area contributed by atoms with Gasteiger partial charge in [-0.1, -0.05) is 0 Å². The van der Waals surface area contributed by atoms with Crippen LogP contribution in [0.25, 0.3) is 0 Å². The van der Waals surface area contributed by atoms with E-state index in [-0.39, 0.29) is 10.6 Å². The normalized spacial score (nSPS) is 12.3. The Balaban J connectivity index is 3.72. The van der Waals surface area contributed by atoms with E-state index in [9.17, 15) is 13.5 Å². The summed E-state index contributed by atoms with van der Waals surface area (Å²) in [5, 5.41) is 10.1. The average molecular weight is 274 g/mol. The lowest BCUT2D eigenvalue weighted by Crippen LogP contribution is -2.18. The van der Waals surface area contributed by atoms with E-state index in [4.69, 9.17) is 9.47 Å². The molecule has 0 aliphatic rings. The third kappa shape index (κ3) is 2.94. The summed E-state index contributed by atoms with van der Waals surface area (Å²) >= 11 is 0. The fourth-order valence-electron chi connectivity index (χ4n) is 1.64. The first kappa shape index (κ1) is 14.8. The molecule has 1 N–H and O–H groups in total. The number of rotatable bonds is 4. The largest absolute Gasteiger partial charge is 0.497 e. The van der Waals surface area contributed by atoms with Crippen molar-refractivity contribution < 1.29 is 23.0 Å². The van der Waals surface area contributed by atoms with Crippen molar-refractivity contribution >= 4 is 9.84 Å². The predicted octanol–water partition coefficient (Wildman–Crippen LogP) is 1.33. The summed E-state index contributed by atoms with van der Waals surface area (Å²) in [5.41, 5.74) is -0.871. The van der Waals surface area contributed by atoms with Crippen LogP contribution < -0.4 is 9.47 Å². The average Bonchev–Trinajstić information content (AvgIpc) is 2.24. The predicted molar refractivity (Wildman–Crippen MR) is 67.9 cm³/mol. The molecule has 102 valence electrons. The van der Waals surface area contributed by atoms with Gasteiger partial charge in [0.15, 0.2) is 9.84 Å². The van der Waals surface area contributed by atoms with Crippen molar-refractivity contribution in [2.24, 2.45) is 0 Å². The Bertz CT molecular complexity index is 540. The first-order valence-electron chi connectivity index (χ1n) is 5.30. The minimum atomic E-state index is -3.48. The molecule has 0 spiro atoms. The molecule has 0 aromatic heterocycles. The van der Waals surface area contributed by atoms with Crippen LogP contribution in [-0.2, 0) is 15.4 Å². The van der Waals surface area contributed by atoms with Crippen molar-refractivity contribution in [3.05, 3.63) is 17.7 Å². The van der Waals surface area contributed by atoms with Crippen molar-refractivity contribution in [1.82, 2.24) is 0 Å². The Kier molecular flexibility index (Phi) is 3.92. The van der Waals surface area contributed by atoms with Crippen molar-refractivity contribution in [2.45, 2.75) is 24.3 Å². The van der Waals surface area contributed by atoms with E-state index in [1.165, 1.54) is 20.3 Å². The molecule has 0 bridgehead atoms. The summed E-state index contributed by atoms with van der Waals surface area (Å²) in [5.74, 6) is 0.499. The molecular formula is C12H18O5S. The molecule has 0 aliphatic carbocycles. The van der Waals surface area contributed by atoms with Gasteiger partial charge in [0.25, 0.3) is 0 Å². The zero-order valence-electron chi connectivity index (χ0n) is 11.1. The van der Waals surface area contributed by atoms with E-state index >= 15 is 0 Å². The van der Waals surface area contributed by atoms with Crippen LogP contribution in [0.15, 0.2) is 17.0 Å². The van der Waals surface area contributed by atoms with Gasteiger partial charge in [0, 0.05) is 17.9 Å². The van der Waals surface area contributed by atoms with Gasteiger partial charge in [0.05, 0.1) is 19.8 Å². The van der Waals surface area contributed by atoms with Crippen molar-refractivity contribution in [3.63, 3.8) is 0 Å². The number of ether oxygens (including phenoxy) is 2. The zero-order chi connectivity index (χ0) is 14.1. The summed E-state index contributed by atoms with van der Waals surface area (Å²) in [6, 6.07) is 2.94. The minimum absolute atomic E-state index is 0.00137. The van der Waals surface area contributed by atoms with Crippen LogP contribution in [0.1, 0.15) is 19.4 Å². The van der Waals surface area contributed by atoms with E-state index in [2.05, 4.69) is 0 Å². The molecule has 18 heavy (non-hydrogen) atoms. The lowest BCUT2D eigenvalue weighted by Gasteiger charge is -2.23. The van der Waals surface area contributed by atoms with Crippen molar-refractivity contribution in [3.8, 4) is 11.5 Å². The summed E-state index contributed by atoms with van der Waals surface area (Å²) in [4.78, 5) is 0.00137. The number of hydrogen-bond donors (Lipinski definition) is 1. The molecule has 0 atom stereocenters. The second-order valence-electron chi connectivity index (χ2n) is 4.54. The molecule has 1 rings (SSSR count). The van der Waals surface area contributed by atoms with E-state index in [1.54, 1.807) is 19.9 Å². The molecule has 0 aliphatic heterocycles. The van der Waals surface area contributed by atoms with Gasteiger partial charge < -0.3 is 14.6 Å². The maximum atomic E-state index is 11.7. The van der Waals surface area contributed by atoms with Gasteiger partial charge in [0.1, 0.15) is 16.4 Å². The second kappa shape index (κ2) is 4.78. The number of methoxy groups -OCH3 is 2. The van der Waals surface area contributed by atoms with Gasteiger partial charge in [-0.3, -0.25) is 0 Å². The molecule has 0 heterocycles. The summed E-state index contributed by atoms with van der Waals surface area (Å²) in [6.07, 6.45) is 1.08. The highest BCUT2D eigenvalue weighted by Gasteiger charge is 2.27. The first-order valence-corrected chi connectivity index (χ1v) is 7.19. The van der Waals surface area contributed by atoms with Crippen LogP contribution in [-0.4, -0.2) is 34.0 Å². The third-order valence-electron chi connectivity index (χ3n) is 2.53. The topological polar surface area (TPSA) is 72.8 Å². The Labute approximate surface area is 107 Å². The Morgan fingerprint density at radius 3 is 2.06 bits per heavy atom. The van der Waals surface area contributed by atoms with Crippen LogP contribution in [0, 0.1) is 0 Å². The maximum Gasteiger partial charge on any atom is 0.179 e. The van der Waals surface area contributed by atoms with Gasteiger partial charge >= 0.3 is 0 Å². The first-order chi connectivity index (χ1) is 8.11. The molecule has 1 aromatic carbocycles. The highest BCUT2D eigenvalue weighted by atomic mass is 32.2. The number of hydrogen-bond acceptors (Lipinski definition) is 5. The molecule has 0 fully saturated rings. The number of benzene rings is 1. The summed E-state index contributed by atoms with van der Waals surface area (Å²) in [7, 11) is -0.678. The third-order valence-corrected chi connectivity index (χ3v) is 3.63. The lowest BCUT2D eigenvalue weighted by atomic mass is 9.97. The smallest absolute Gasteiger partial charge is 0.179 e. The summed E-state index contributed by atoms with van der Waals surface area (Å²) in [6.45, 7) is 3.10.